The van der Waals surface area contributed by atoms with Crippen LogP contribution >= 0.6 is 11.6 Å². The normalized spacial score (nSPS) is 15.4. The highest BCUT2D eigenvalue weighted by atomic mass is 35.5. The van der Waals surface area contributed by atoms with E-state index in [9.17, 15) is 4.21 Å². The predicted octanol–water partition coefficient (Wildman–Crippen LogP) is 3.47. The van der Waals surface area contributed by atoms with Crippen LogP contribution in [0, 0.1) is 5.41 Å². The number of benzene rings is 1. The fourth-order valence-electron chi connectivity index (χ4n) is 1.72. The second-order valence-corrected chi connectivity index (χ2v) is 7.38. The van der Waals surface area contributed by atoms with Gasteiger partial charge in [-0.1, -0.05) is 45.4 Å². The topological polar surface area (TPSA) is 29.1 Å². The van der Waals surface area contributed by atoms with Gasteiger partial charge in [0.2, 0.25) is 0 Å². The SMILES string of the molecule is CCNC(CS(=O)c1cccc(Cl)c1)C(C)(C)C. The standard InChI is InChI=1S/C14H22ClNOS/c1-5-16-13(14(2,3)4)10-18(17)12-8-6-7-11(15)9-12/h6-9,13,16H,5,10H2,1-4H3. The van der Waals surface area contributed by atoms with Crippen molar-refractivity contribution in [3.05, 3.63) is 29.3 Å². The molecule has 0 radical (unpaired) electrons. The Morgan fingerprint density at radius 3 is 2.56 bits per heavy atom. The van der Waals surface area contributed by atoms with Crippen LogP contribution in [0.15, 0.2) is 29.2 Å². The largest absolute Gasteiger partial charge is 0.313 e. The number of rotatable bonds is 5. The van der Waals surface area contributed by atoms with Crippen molar-refractivity contribution in [2.75, 3.05) is 12.3 Å². The lowest BCUT2D eigenvalue weighted by Gasteiger charge is -2.31. The second kappa shape index (κ2) is 6.69. The van der Waals surface area contributed by atoms with Gasteiger partial charge in [0.25, 0.3) is 0 Å². The Bertz CT molecular complexity index is 415. The zero-order valence-corrected chi connectivity index (χ0v) is 13.1. The van der Waals surface area contributed by atoms with Crippen molar-refractivity contribution >= 4 is 22.4 Å². The molecule has 0 fully saturated rings. The lowest BCUT2D eigenvalue weighted by molar-refractivity contribution is 0.294. The van der Waals surface area contributed by atoms with Gasteiger partial charge in [0.15, 0.2) is 0 Å². The Morgan fingerprint density at radius 2 is 2.06 bits per heavy atom. The van der Waals surface area contributed by atoms with Crippen molar-refractivity contribution in [1.82, 2.24) is 5.32 Å². The minimum Gasteiger partial charge on any atom is -0.313 e. The lowest BCUT2D eigenvalue weighted by atomic mass is 9.88. The first-order chi connectivity index (χ1) is 8.34. The third-order valence-corrected chi connectivity index (χ3v) is 4.52. The average molecular weight is 288 g/mol. The summed E-state index contributed by atoms with van der Waals surface area (Å²) in [4.78, 5) is 0.801. The Hall–Kier alpha value is -0.380. The first-order valence-corrected chi connectivity index (χ1v) is 7.91. The van der Waals surface area contributed by atoms with Gasteiger partial charge < -0.3 is 5.32 Å². The Morgan fingerprint density at radius 1 is 1.39 bits per heavy atom. The van der Waals surface area contributed by atoms with Crippen molar-refractivity contribution < 1.29 is 4.21 Å². The summed E-state index contributed by atoms with van der Waals surface area (Å²) in [5.74, 6) is 0.609. The summed E-state index contributed by atoms with van der Waals surface area (Å²) >= 11 is 5.93. The summed E-state index contributed by atoms with van der Waals surface area (Å²) < 4.78 is 12.3. The van der Waals surface area contributed by atoms with E-state index in [0.717, 1.165) is 11.4 Å². The van der Waals surface area contributed by atoms with E-state index in [1.807, 2.05) is 12.1 Å². The fourth-order valence-corrected chi connectivity index (χ4v) is 3.57. The molecular weight excluding hydrogens is 266 g/mol. The Balaban J connectivity index is 2.79. The van der Waals surface area contributed by atoms with Crippen LogP contribution in [0.1, 0.15) is 27.7 Å². The molecule has 0 saturated carbocycles. The van der Waals surface area contributed by atoms with Gasteiger partial charge in [-0.05, 0) is 30.2 Å². The number of nitrogens with one attached hydrogen (secondary N) is 1. The highest BCUT2D eigenvalue weighted by molar-refractivity contribution is 7.85. The minimum absolute atomic E-state index is 0.0875. The number of hydrogen-bond acceptors (Lipinski definition) is 2. The molecule has 0 aliphatic rings. The van der Waals surface area contributed by atoms with E-state index in [4.69, 9.17) is 11.6 Å². The van der Waals surface area contributed by atoms with Crippen LogP contribution in [0.25, 0.3) is 0 Å². The van der Waals surface area contributed by atoms with E-state index in [2.05, 4.69) is 33.0 Å². The summed E-state index contributed by atoms with van der Waals surface area (Å²) in [6.45, 7) is 9.44. The first-order valence-electron chi connectivity index (χ1n) is 6.22. The van der Waals surface area contributed by atoms with Gasteiger partial charge in [-0.3, -0.25) is 4.21 Å². The number of halogens is 1. The van der Waals surface area contributed by atoms with Crippen LogP contribution in [-0.2, 0) is 10.8 Å². The van der Waals surface area contributed by atoms with Crippen LogP contribution in [-0.4, -0.2) is 22.5 Å². The molecule has 0 saturated heterocycles. The van der Waals surface area contributed by atoms with E-state index in [-0.39, 0.29) is 11.5 Å². The molecule has 2 unspecified atom stereocenters. The van der Waals surface area contributed by atoms with E-state index in [1.54, 1.807) is 12.1 Å². The van der Waals surface area contributed by atoms with Crippen LogP contribution < -0.4 is 5.32 Å². The third-order valence-electron chi connectivity index (χ3n) is 2.87. The van der Waals surface area contributed by atoms with Crippen molar-refractivity contribution in [2.45, 2.75) is 38.6 Å². The maximum atomic E-state index is 12.3. The van der Waals surface area contributed by atoms with Gasteiger partial charge in [0.1, 0.15) is 0 Å². The molecule has 2 atom stereocenters. The monoisotopic (exact) mass is 287 g/mol. The molecule has 0 heterocycles. The zero-order chi connectivity index (χ0) is 13.8. The van der Waals surface area contributed by atoms with E-state index in [0.29, 0.717) is 10.8 Å². The quantitative estimate of drug-likeness (QED) is 0.898. The molecule has 0 aromatic heterocycles. The fraction of sp³-hybridized carbons (Fsp3) is 0.571. The van der Waals surface area contributed by atoms with Crippen LogP contribution in [0.5, 0.6) is 0 Å². The van der Waals surface area contributed by atoms with E-state index < -0.39 is 10.8 Å². The highest BCUT2D eigenvalue weighted by Crippen LogP contribution is 2.22. The van der Waals surface area contributed by atoms with Crippen molar-refractivity contribution in [2.24, 2.45) is 5.41 Å². The summed E-state index contributed by atoms with van der Waals surface area (Å²) in [6, 6.07) is 7.52. The molecule has 1 aromatic carbocycles. The van der Waals surface area contributed by atoms with Gasteiger partial charge in [0, 0.05) is 21.7 Å². The van der Waals surface area contributed by atoms with Gasteiger partial charge in [-0.2, -0.15) is 0 Å². The smallest absolute Gasteiger partial charge is 0.0546 e. The molecule has 0 spiro atoms. The molecule has 0 amide bonds. The molecule has 0 aliphatic heterocycles. The van der Waals surface area contributed by atoms with Gasteiger partial charge in [-0.25, -0.2) is 0 Å². The average Bonchev–Trinajstić information content (AvgIpc) is 2.27. The lowest BCUT2D eigenvalue weighted by Crippen LogP contribution is -2.44. The predicted molar refractivity (Wildman–Crippen MR) is 79.6 cm³/mol. The highest BCUT2D eigenvalue weighted by Gasteiger charge is 2.26. The molecule has 1 rings (SSSR count). The first kappa shape index (κ1) is 15.7. The van der Waals surface area contributed by atoms with Gasteiger partial charge >= 0.3 is 0 Å². The molecule has 1 N–H and O–H groups in total. The van der Waals surface area contributed by atoms with Crippen LogP contribution in [0.4, 0.5) is 0 Å². The molecule has 102 valence electrons. The Kier molecular flexibility index (Phi) is 5.83. The molecule has 2 nitrogen and oxygen atoms in total. The number of hydrogen-bond donors (Lipinski definition) is 1. The van der Waals surface area contributed by atoms with Crippen LogP contribution in [0.3, 0.4) is 0 Å². The minimum atomic E-state index is -1.02. The molecule has 0 bridgehead atoms. The Labute approximate surface area is 118 Å². The summed E-state index contributed by atoms with van der Waals surface area (Å²) in [7, 11) is -1.02. The molecular formula is C14H22ClNOS. The second-order valence-electron chi connectivity index (χ2n) is 5.45. The summed E-state index contributed by atoms with van der Waals surface area (Å²) in [5.41, 5.74) is 0.0875. The van der Waals surface area contributed by atoms with Crippen LogP contribution in [0.2, 0.25) is 5.02 Å². The maximum Gasteiger partial charge on any atom is 0.0546 e. The molecule has 1 aromatic rings. The zero-order valence-electron chi connectivity index (χ0n) is 11.5. The molecule has 0 aliphatic carbocycles. The van der Waals surface area contributed by atoms with Gasteiger partial charge in [-0.15, -0.1) is 0 Å². The third kappa shape index (κ3) is 4.71. The molecule has 4 heteroatoms. The summed E-state index contributed by atoms with van der Waals surface area (Å²) in [6.07, 6.45) is 0. The van der Waals surface area contributed by atoms with Crippen molar-refractivity contribution in [3.63, 3.8) is 0 Å². The van der Waals surface area contributed by atoms with Crippen molar-refractivity contribution in [3.8, 4) is 0 Å². The molecule has 18 heavy (non-hydrogen) atoms. The maximum absolute atomic E-state index is 12.3. The van der Waals surface area contributed by atoms with E-state index >= 15 is 0 Å². The summed E-state index contributed by atoms with van der Waals surface area (Å²) in [5, 5.41) is 4.05. The van der Waals surface area contributed by atoms with Crippen molar-refractivity contribution in [1.29, 1.82) is 0 Å². The van der Waals surface area contributed by atoms with Gasteiger partial charge in [0.05, 0.1) is 10.8 Å². The van der Waals surface area contributed by atoms with E-state index in [1.165, 1.54) is 0 Å².